The Balaban J connectivity index is 2.84. The summed E-state index contributed by atoms with van der Waals surface area (Å²) in [6.45, 7) is 14.2. The van der Waals surface area contributed by atoms with Crippen LogP contribution in [0.1, 0.15) is 34.6 Å². The van der Waals surface area contributed by atoms with Gasteiger partial charge in [-0.2, -0.15) is 0 Å². The van der Waals surface area contributed by atoms with Crippen molar-refractivity contribution >= 4 is 16.8 Å². The van der Waals surface area contributed by atoms with Crippen LogP contribution in [0, 0.1) is 0 Å². The minimum atomic E-state index is -0.274. The molecule has 0 N–H and O–H groups in total. The third kappa shape index (κ3) is 3.52. The highest BCUT2D eigenvalue weighted by Crippen LogP contribution is 2.40. The van der Waals surface area contributed by atoms with E-state index < -0.39 is 0 Å². The predicted molar refractivity (Wildman–Crippen MR) is 77.7 cm³/mol. The van der Waals surface area contributed by atoms with Gasteiger partial charge in [0.15, 0.2) is 12.0 Å². The minimum Gasteiger partial charge on any atom is -0.463 e. The molecular weight excluding hydrogens is 246 g/mol. The molecule has 0 aromatic carbocycles. The van der Waals surface area contributed by atoms with Crippen molar-refractivity contribution in [2.24, 2.45) is 4.99 Å². The predicted octanol–water partition coefficient (Wildman–Crippen LogP) is 3.88. The van der Waals surface area contributed by atoms with Crippen molar-refractivity contribution in [1.82, 2.24) is 0 Å². The highest BCUT2D eigenvalue weighted by atomic mass is 32.2. The fraction of sp³-hybridized carbons (Fsp3) is 0.571. The Labute approximate surface area is 114 Å². The number of aliphatic imine (C=N–C) groups is 1. The molecule has 3 nitrogen and oxygen atoms in total. The molecule has 1 aliphatic rings. The zero-order valence-electron chi connectivity index (χ0n) is 11.7. The highest BCUT2D eigenvalue weighted by molar-refractivity contribution is 8.18. The summed E-state index contributed by atoms with van der Waals surface area (Å²) in [5.41, 5.74) is 2.67. The average Bonchev–Trinajstić information content (AvgIpc) is 2.61. The highest BCUT2D eigenvalue weighted by Gasteiger charge is 2.33. The van der Waals surface area contributed by atoms with Gasteiger partial charge < -0.3 is 9.47 Å². The fourth-order valence-electron chi connectivity index (χ4n) is 1.60. The van der Waals surface area contributed by atoms with Gasteiger partial charge in [-0.25, -0.2) is 0 Å². The SMILES string of the molecule is C=C=C1SC(/C(=C/C)OC(C)OCC)=NC1(C)C. The van der Waals surface area contributed by atoms with E-state index in [1.807, 2.05) is 40.7 Å². The van der Waals surface area contributed by atoms with Crippen molar-refractivity contribution in [3.63, 3.8) is 0 Å². The van der Waals surface area contributed by atoms with Gasteiger partial charge in [-0.15, -0.1) is 5.73 Å². The summed E-state index contributed by atoms with van der Waals surface area (Å²) < 4.78 is 11.1. The van der Waals surface area contributed by atoms with Crippen LogP contribution in [0.15, 0.2) is 34.0 Å². The Hall–Kier alpha value is -0.960. The Morgan fingerprint density at radius 1 is 1.61 bits per heavy atom. The second-order valence-corrected chi connectivity index (χ2v) is 5.38. The topological polar surface area (TPSA) is 30.8 Å². The molecule has 1 rings (SSSR count). The van der Waals surface area contributed by atoms with Crippen molar-refractivity contribution in [3.05, 3.63) is 29.1 Å². The average molecular weight is 267 g/mol. The van der Waals surface area contributed by atoms with Gasteiger partial charge in [0.25, 0.3) is 0 Å². The number of allylic oxidation sites excluding steroid dienone is 1. The number of hydrogen-bond acceptors (Lipinski definition) is 4. The van der Waals surface area contributed by atoms with Crippen LogP contribution in [0.5, 0.6) is 0 Å². The number of ether oxygens (including phenoxy) is 2. The van der Waals surface area contributed by atoms with E-state index in [1.165, 1.54) is 0 Å². The van der Waals surface area contributed by atoms with E-state index in [1.54, 1.807) is 11.8 Å². The molecule has 1 atom stereocenters. The van der Waals surface area contributed by atoms with Crippen LogP contribution in [-0.2, 0) is 9.47 Å². The van der Waals surface area contributed by atoms with Crippen molar-refractivity contribution < 1.29 is 9.47 Å². The Morgan fingerprint density at radius 3 is 2.72 bits per heavy atom. The molecule has 0 radical (unpaired) electrons. The molecule has 0 saturated heterocycles. The van der Waals surface area contributed by atoms with Gasteiger partial charge in [0.05, 0.1) is 10.4 Å². The summed E-state index contributed by atoms with van der Waals surface area (Å²) >= 11 is 1.55. The summed E-state index contributed by atoms with van der Waals surface area (Å²) in [7, 11) is 0. The molecule has 0 bridgehead atoms. The zero-order chi connectivity index (χ0) is 13.8. The van der Waals surface area contributed by atoms with E-state index in [-0.39, 0.29) is 11.8 Å². The fourth-order valence-corrected chi connectivity index (χ4v) is 2.70. The van der Waals surface area contributed by atoms with E-state index in [4.69, 9.17) is 9.47 Å². The van der Waals surface area contributed by atoms with E-state index in [9.17, 15) is 0 Å². The number of thioether (sulfide) groups is 1. The lowest BCUT2D eigenvalue weighted by molar-refractivity contribution is -0.0935. The molecule has 18 heavy (non-hydrogen) atoms. The first kappa shape index (κ1) is 15.1. The molecule has 0 fully saturated rings. The molecular formula is C14H21NO2S. The van der Waals surface area contributed by atoms with E-state index in [2.05, 4.69) is 17.3 Å². The third-order valence-corrected chi connectivity index (χ3v) is 3.80. The lowest BCUT2D eigenvalue weighted by Crippen LogP contribution is -2.16. The quantitative estimate of drug-likeness (QED) is 0.430. The number of nitrogens with zero attached hydrogens (tertiary/aromatic N) is 1. The molecule has 0 amide bonds. The van der Waals surface area contributed by atoms with Crippen LogP contribution >= 0.6 is 11.8 Å². The van der Waals surface area contributed by atoms with Crippen LogP contribution in [0.3, 0.4) is 0 Å². The van der Waals surface area contributed by atoms with Crippen LogP contribution < -0.4 is 0 Å². The number of rotatable bonds is 5. The van der Waals surface area contributed by atoms with Gasteiger partial charge in [-0.1, -0.05) is 18.3 Å². The maximum absolute atomic E-state index is 5.74. The monoisotopic (exact) mass is 267 g/mol. The summed E-state index contributed by atoms with van der Waals surface area (Å²) in [6, 6.07) is 0. The second-order valence-electron chi connectivity index (χ2n) is 4.38. The largest absolute Gasteiger partial charge is 0.463 e. The maximum atomic E-state index is 5.74. The molecule has 0 spiro atoms. The van der Waals surface area contributed by atoms with Gasteiger partial charge in [-0.3, -0.25) is 4.99 Å². The van der Waals surface area contributed by atoms with Crippen molar-refractivity contribution in [2.45, 2.75) is 46.4 Å². The molecule has 0 saturated carbocycles. The van der Waals surface area contributed by atoms with Crippen LogP contribution in [0.25, 0.3) is 0 Å². The van der Waals surface area contributed by atoms with E-state index in [0.717, 1.165) is 15.7 Å². The van der Waals surface area contributed by atoms with Crippen LogP contribution in [-0.4, -0.2) is 23.5 Å². The summed E-state index contributed by atoms with van der Waals surface area (Å²) in [5, 5.41) is 0.861. The molecule has 0 aromatic heterocycles. The summed E-state index contributed by atoms with van der Waals surface area (Å²) in [6.07, 6.45) is 1.63. The van der Waals surface area contributed by atoms with Gasteiger partial charge in [-0.05, 0) is 40.7 Å². The minimum absolute atomic E-state index is 0.270. The van der Waals surface area contributed by atoms with Gasteiger partial charge >= 0.3 is 0 Å². The maximum Gasteiger partial charge on any atom is 0.197 e. The van der Waals surface area contributed by atoms with E-state index >= 15 is 0 Å². The molecule has 0 aliphatic carbocycles. The van der Waals surface area contributed by atoms with Crippen molar-refractivity contribution in [3.8, 4) is 0 Å². The van der Waals surface area contributed by atoms with Crippen LogP contribution in [0.4, 0.5) is 0 Å². The van der Waals surface area contributed by atoms with E-state index in [0.29, 0.717) is 6.61 Å². The van der Waals surface area contributed by atoms with Gasteiger partial charge in [0, 0.05) is 6.61 Å². The Bertz CT molecular complexity index is 418. The Morgan fingerprint density at radius 2 is 2.28 bits per heavy atom. The van der Waals surface area contributed by atoms with Gasteiger partial charge in [0.2, 0.25) is 0 Å². The smallest absolute Gasteiger partial charge is 0.197 e. The Kier molecular flexibility index (Phi) is 5.27. The molecule has 1 heterocycles. The number of hydrogen-bond donors (Lipinski definition) is 0. The lowest BCUT2D eigenvalue weighted by Gasteiger charge is -2.16. The van der Waals surface area contributed by atoms with Gasteiger partial charge in [0.1, 0.15) is 5.04 Å². The van der Waals surface area contributed by atoms with Crippen molar-refractivity contribution in [1.29, 1.82) is 0 Å². The summed E-state index contributed by atoms with van der Waals surface area (Å²) in [5.74, 6) is 0.749. The molecule has 100 valence electrons. The third-order valence-electron chi connectivity index (χ3n) is 2.46. The zero-order valence-corrected chi connectivity index (χ0v) is 12.6. The molecule has 0 aromatic rings. The normalized spacial score (nSPS) is 20.4. The molecule has 4 heteroatoms. The first-order valence-electron chi connectivity index (χ1n) is 6.07. The first-order chi connectivity index (χ1) is 8.44. The second kappa shape index (κ2) is 6.28. The van der Waals surface area contributed by atoms with Crippen molar-refractivity contribution in [2.75, 3.05) is 6.61 Å². The lowest BCUT2D eigenvalue weighted by atomic mass is 10.1. The summed E-state index contributed by atoms with van der Waals surface area (Å²) in [4.78, 5) is 5.67. The molecule has 1 unspecified atom stereocenters. The van der Waals surface area contributed by atoms with Crippen LogP contribution in [0.2, 0.25) is 0 Å². The standard InChI is InChI=1S/C14H21NO2S/c1-7-11(17-10(4)16-9-3)13-15-14(5,6)12(8-2)18-13/h7,10H,2,9H2,1,3-6H3/b11-7-. The first-order valence-corrected chi connectivity index (χ1v) is 6.89. The molecule has 1 aliphatic heterocycles.